The molecule has 1 atom stereocenters. The summed E-state index contributed by atoms with van der Waals surface area (Å²) in [5.74, 6) is -0.809. The number of amides is 1. The highest BCUT2D eigenvalue weighted by Gasteiger charge is 2.11. The van der Waals surface area contributed by atoms with Crippen molar-refractivity contribution in [3.8, 4) is 0 Å². The molecule has 0 bridgehead atoms. The summed E-state index contributed by atoms with van der Waals surface area (Å²) in [6.07, 6.45) is -0.559. The van der Waals surface area contributed by atoms with Crippen molar-refractivity contribution >= 4 is 17.3 Å². The van der Waals surface area contributed by atoms with Crippen molar-refractivity contribution in [1.29, 1.82) is 0 Å². The van der Waals surface area contributed by atoms with Gasteiger partial charge in [-0.1, -0.05) is 0 Å². The first-order chi connectivity index (χ1) is 7.04. The average molecular weight is 212 g/mol. The van der Waals surface area contributed by atoms with Crippen LogP contribution in [0.15, 0.2) is 18.2 Å². The van der Waals surface area contributed by atoms with E-state index in [2.05, 4.69) is 5.32 Å². The lowest BCUT2D eigenvalue weighted by atomic mass is 10.2. The standard InChI is InChI=1S/C10H13FN2O2/c1-6(15-2)10(14)13-7-3-4-8(11)9(12)5-7/h3-6H,12H2,1-2H3,(H,13,14). The lowest BCUT2D eigenvalue weighted by Crippen LogP contribution is -2.26. The Hall–Kier alpha value is -1.62. The Morgan fingerprint density at radius 1 is 1.60 bits per heavy atom. The van der Waals surface area contributed by atoms with Gasteiger partial charge in [0, 0.05) is 12.8 Å². The Labute approximate surface area is 87.2 Å². The first-order valence-corrected chi connectivity index (χ1v) is 4.43. The van der Waals surface area contributed by atoms with Gasteiger partial charge in [0.05, 0.1) is 5.69 Å². The SMILES string of the molecule is COC(C)C(=O)Nc1ccc(F)c(N)c1. The molecule has 1 aromatic carbocycles. The number of nitrogens with two attached hydrogens (primary N) is 1. The van der Waals surface area contributed by atoms with Crippen molar-refractivity contribution in [3.63, 3.8) is 0 Å². The fraction of sp³-hybridized carbons (Fsp3) is 0.300. The van der Waals surface area contributed by atoms with Gasteiger partial charge in [-0.05, 0) is 25.1 Å². The van der Waals surface area contributed by atoms with Gasteiger partial charge >= 0.3 is 0 Å². The molecule has 1 unspecified atom stereocenters. The summed E-state index contributed by atoms with van der Waals surface area (Å²) in [4.78, 5) is 11.4. The van der Waals surface area contributed by atoms with Crippen molar-refractivity contribution in [2.45, 2.75) is 13.0 Å². The highest BCUT2D eigenvalue weighted by atomic mass is 19.1. The molecule has 1 rings (SSSR count). The van der Waals surface area contributed by atoms with E-state index in [1.54, 1.807) is 6.92 Å². The normalized spacial score (nSPS) is 12.2. The van der Waals surface area contributed by atoms with E-state index in [1.165, 1.54) is 25.3 Å². The lowest BCUT2D eigenvalue weighted by molar-refractivity contribution is -0.124. The highest BCUT2D eigenvalue weighted by molar-refractivity contribution is 5.94. The molecule has 1 amide bonds. The minimum absolute atomic E-state index is 0.00197. The minimum Gasteiger partial charge on any atom is -0.396 e. The molecule has 0 aliphatic rings. The van der Waals surface area contributed by atoms with Gasteiger partial charge in [-0.25, -0.2) is 4.39 Å². The van der Waals surface area contributed by atoms with Crippen LogP contribution in [0.25, 0.3) is 0 Å². The number of carbonyl (C=O) groups excluding carboxylic acids is 1. The summed E-state index contributed by atoms with van der Waals surface area (Å²) in [7, 11) is 1.43. The van der Waals surface area contributed by atoms with Crippen molar-refractivity contribution in [2.75, 3.05) is 18.2 Å². The maximum Gasteiger partial charge on any atom is 0.253 e. The molecule has 0 aliphatic heterocycles. The number of nitrogen functional groups attached to an aromatic ring is 1. The predicted molar refractivity (Wildman–Crippen MR) is 55.9 cm³/mol. The van der Waals surface area contributed by atoms with E-state index in [9.17, 15) is 9.18 Å². The molecule has 82 valence electrons. The Bertz CT molecular complexity index is 368. The number of nitrogens with one attached hydrogen (secondary N) is 1. The third kappa shape index (κ3) is 2.92. The Morgan fingerprint density at radius 2 is 2.27 bits per heavy atom. The molecule has 0 saturated heterocycles. The largest absolute Gasteiger partial charge is 0.396 e. The lowest BCUT2D eigenvalue weighted by Gasteiger charge is -2.10. The second-order valence-electron chi connectivity index (χ2n) is 3.10. The van der Waals surface area contributed by atoms with Crippen molar-refractivity contribution in [3.05, 3.63) is 24.0 Å². The zero-order valence-electron chi connectivity index (χ0n) is 8.58. The maximum atomic E-state index is 12.8. The fourth-order valence-electron chi connectivity index (χ4n) is 0.972. The Kier molecular flexibility index (Phi) is 3.62. The second kappa shape index (κ2) is 4.75. The smallest absolute Gasteiger partial charge is 0.253 e. The topological polar surface area (TPSA) is 64.3 Å². The van der Waals surface area contributed by atoms with Gasteiger partial charge in [-0.15, -0.1) is 0 Å². The Balaban J connectivity index is 2.73. The summed E-state index contributed by atoms with van der Waals surface area (Å²) in [6.45, 7) is 1.61. The molecule has 0 fully saturated rings. The quantitative estimate of drug-likeness (QED) is 0.744. The molecule has 0 spiro atoms. The van der Waals surface area contributed by atoms with Crippen LogP contribution in [0.5, 0.6) is 0 Å². The molecule has 0 saturated carbocycles. The summed E-state index contributed by atoms with van der Waals surface area (Å²) in [6, 6.07) is 3.99. The van der Waals surface area contributed by atoms with Crippen LogP contribution in [0.3, 0.4) is 0 Å². The number of hydrogen-bond donors (Lipinski definition) is 2. The van der Waals surface area contributed by atoms with Crippen LogP contribution < -0.4 is 11.1 Å². The van der Waals surface area contributed by atoms with E-state index < -0.39 is 11.9 Å². The number of benzene rings is 1. The fourth-order valence-corrected chi connectivity index (χ4v) is 0.972. The molecule has 0 aromatic heterocycles. The van der Waals surface area contributed by atoms with Crippen LogP contribution in [-0.2, 0) is 9.53 Å². The van der Waals surface area contributed by atoms with E-state index in [-0.39, 0.29) is 11.6 Å². The molecule has 1 aromatic rings. The van der Waals surface area contributed by atoms with E-state index in [0.29, 0.717) is 5.69 Å². The number of methoxy groups -OCH3 is 1. The monoisotopic (exact) mass is 212 g/mol. The first kappa shape index (κ1) is 11.5. The number of carbonyl (C=O) groups is 1. The molecule has 5 heteroatoms. The zero-order chi connectivity index (χ0) is 11.4. The van der Waals surface area contributed by atoms with Crippen LogP contribution in [0.1, 0.15) is 6.92 Å². The molecule has 0 aliphatic carbocycles. The number of halogens is 1. The summed E-state index contributed by atoms with van der Waals surface area (Å²) < 4.78 is 17.6. The van der Waals surface area contributed by atoms with E-state index >= 15 is 0 Å². The molecular weight excluding hydrogens is 199 g/mol. The van der Waals surface area contributed by atoms with Crippen LogP contribution in [0.2, 0.25) is 0 Å². The van der Waals surface area contributed by atoms with Crippen LogP contribution >= 0.6 is 0 Å². The average Bonchev–Trinajstić information content (AvgIpc) is 2.22. The van der Waals surface area contributed by atoms with Gasteiger partial charge in [0.1, 0.15) is 11.9 Å². The van der Waals surface area contributed by atoms with E-state index in [0.717, 1.165) is 0 Å². The summed E-state index contributed by atoms with van der Waals surface area (Å²) >= 11 is 0. The molecule has 0 radical (unpaired) electrons. The van der Waals surface area contributed by atoms with Crippen LogP contribution in [0, 0.1) is 5.82 Å². The summed E-state index contributed by atoms with van der Waals surface area (Å²) in [5, 5.41) is 2.55. The predicted octanol–water partition coefficient (Wildman–Crippen LogP) is 1.38. The van der Waals surface area contributed by atoms with Gasteiger partial charge in [-0.2, -0.15) is 0 Å². The van der Waals surface area contributed by atoms with E-state index in [4.69, 9.17) is 10.5 Å². The van der Waals surface area contributed by atoms with Crippen molar-refractivity contribution in [2.24, 2.45) is 0 Å². The van der Waals surface area contributed by atoms with Gasteiger partial charge in [0.15, 0.2) is 0 Å². The summed E-state index contributed by atoms with van der Waals surface area (Å²) in [5.41, 5.74) is 5.79. The highest BCUT2D eigenvalue weighted by Crippen LogP contribution is 2.16. The third-order valence-electron chi connectivity index (χ3n) is 1.99. The molecule has 15 heavy (non-hydrogen) atoms. The Morgan fingerprint density at radius 3 is 2.80 bits per heavy atom. The second-order valence-corrected chi connectivity index (χ2v) is 3.10. The number of rotatable bonds is 3. The van der Waals surface area contributed by atoms with Gasteiger partial charge < -0.3 is 15.8 Å². The van der Waals surface area contributed by atoms with Crippen molar-refractivity contribution in [1.82, 2.24) is 0 Å². The van der Waals surface area contributed by atoms with Gasteiger partial charge in [-0.3, -0.25) is 4.79 Å². The number of anilines is 2. The van der Waals surface area contributed by atoms with Gasteiger partial charge in [0.25, 0.3) is 5.91 Å². The van der Waals surface area contributed by atoms with E-state index in [1.807, 2.05) is 0 Å². The van der Waals surface area contributed by atoms with Crippen molar-refractivity contribution < 1.29 is 13.9 Å². The maximum absolute atomic E-state index is 12.8. The van der Waals surface area contributed by atoms with Crippen LogP contribution in [-0.4, -0.2) is 19.1 Å². The molecule has 3 N–H and O–H groups in total. The molecular formula is C10H13FN2O2. The third-order valence-corrected chi connectivity index (χ3v) is 1.99. The van der Waals surface area contributed by atoms with Crippen LogP contribution in [0.4, 0.5) is 15.8 Å². The van der Waals surface area contributed by atoms with Gasteiger partial charge in [0.2, 0.25) is 0 Å². The molecule has 4 nitrogen and oxygen atoms in total. The molecule has 0 heterocycles. The zero-order valence-corrected chi connectivity index (χ0v) is 8.58. The minimum atomic E-state index is -0.559. The number of hydrogen-bond acceptors (Lipinski definition) is 3. The number of ether oxygens (including phenoxy) is 1. The first-order valence-electron chi connectivity index (χ1n) is 4.43.